The van der Waals surface area contributed by atoms with Crippen LogP contribution in [-0.2, 0) is 0 Å². The van der Waals surface area contributed by atoms with Crippen molar-refractivity contribution >= 4 is 35.2 Å². The number of nitrogens with zero attached hydrogens (tertiary/aromatic N) is 3. The van der Waals surface area contributed by atoms with Gasteiger partial charge in [-0.1, -0.05) is 41.9 Å². The molecule has 0 saturated heterocycles. The molecule has 0 aliphatic rings. The van der Waals surface area contributed by atoms with Gasteiger partial charge in [0.1, 0.15) is 5.15 Å². The Bertz CT molecular complexity index is 492. The zero-order chi connectivity index (χ0) is 11.4. The van der Waals surface area contributed by atoms with Gasteiger partial charge in [-0.05, 0) is 17.2 Å². The molecule has 0 aliphatic heterocycles. The molecule has 0 unspecified atom stereocenters. The number of rotatable bonds is 2. The largest absolute Gasteiger partial charge is 0.236 e. The minimum Gasteiger partial charge on any atom is -0.236 e. The molecule has 1 heterocycles. The Balaban J connectivity index is 2.24. The van der Waals surface area contributed by atoms with Crippen molar-refractivity contribution in [3.63, 3.8) is 0 Å². The first kappa shape index (κ1) is 11.0. The van der Waals surface area contributed by atoms with Crippen LogP contribution in [0.1, 0.15) is 5.56 Å². The highest BCUT2D eigenvalue weighted by Gasteiger charge is 1.98. The average molecular weight is 252 g/mol. The third-order valence-corrected chi connectivity index (χ3v) is 2.16. The highest BCUT2D eigenvalue weighted by molar-refractivity contribution is 6.32. The molecule has 0 amide bonds. The number of aliphatic imine (C=N–C) groups is 1. The van der Waals surface area contributed by atoms with Gasteiger partial charge >= 0.3 is 0 Å². The average Bonchev–Trinajstić information content (AvgIpc) is 2.27. The molecule has 1 aromatic carbocycles. The van der Waals surface area contributed by atoms with Crippen LogP contribution in [0.4, 0.5) is 5.82 Å². The van der Waals surface area contributed by atoms with Gasteiger partial charge in [-0.25, -0.2) is 9.98 Å². The van der Waals surface area contributed by atoms with E-state index in [1.54, 1.807) is 12.3 Å². The first-order valence-corrected chi connectivity index (χ1v) is 5.29. The lowest BCUT2D eigenvalue weighted by atomic mass is 10.2. The zero-order valence-corrected chi connectivity index (χ0v) is 9.65. The fraction of sp³-hybridized carbons (Fsp3) is 0. The van der Waals surface area contributed by atoms with Crippen molar-refractivity contribution in [1.29, 1.82) is 0 Å². The molecule has 0 bridgehead atoms. The second-order valence-electron chi connectivity index (χ2n) is 2.99. The van der Waals surface area contributed by atoms with Gasteiger partial charge in [0.25, 0.3) is 0 Å². The van der Waals surface area contributed by atoms with E-state index in [0.717, 1.165) is 5.56 Å². The molecule has 16 heavy (non-hydrogen) atoms. The first-order chi connectivity index (χ1) is 7.74. The SMILES string of the molecule is Clc1cc(/N=C/c2ccccc2)nc(Cl)n1. The summed E-state index contributed by atoms with van der Waals surface area (Å²) in [5, 5.41) is 0.368. The second kappa shape index (κ2) is 5.05. The van der Waals surface area contributed by atoms with Gasteiger partial charge in [-0.2, -0.15) is 4.98 Å². The maximum Gasteiger partial charge on any atom is 0.225 e. The third-order valence-electron chi connectivity index (χ3n) is 1.80. The van der Waals surface area contributed by atoms with Gasteiger partial charge in [0.05, 0.1) is 0 Å². The molecule has 0 aliphatic carbocycles. The van der Waals surface area contributed by atoms with Gasteiger partial charge in [0.2, 0.25) is 5.28 Å². The van der Waals surface area contributed by atoms with E-state index >= 15 is 0 Å². The smallest absolute Gasteiger partial charge is 0.225 e. The fourth-order valence-electron chi connectivity index (χ4n) is 1.12. The molecule has 80 valence electrons. The molecule has 0 saturated carbocycles. The first-order valence-electron chi connectivity index (χ1n) is 4.53. The van der Waals surface area contributed by atoms with E-state index in [2.05, 4.69) is 15.0 Å². The fourth-order valence-corrected chi connectivity index (χ4v) is 1.52. The lowest BCUT2D eigenvalue weighted by Gasteiger charge is -1.95. The molecule has 0 N–H and O–H groups in total. The van der Waals surface area contributed by atoms with Crippen molar-refractivity contribution in [2.24, 2.45) is 4.99 Å². The summed E-state index contributed by atoms with van der Waals surface area (Å²) in [6.07, 6.45) is 1.69. The van der Waals surface area contributed by atoms with E-state index in [1.165, 1.54) is 0 Å². The van der Waals surface area contributed by atoms with Crippen molar-refractivity contribution in [3.8, 4) is 0 Å². The number of halogens is 2. The molecule has 0 radical (unpaired) electrons. The van der Waals surface area contributed by atoms with Crippen molar-refractivity contribution in [2.45, 2.75) is 0 Å². The Kier molecular flexibility index (Phi) is 3.49. The summed E-state index contributed by atoms with van der Waals surface area (Å²) in [6.45, 7) is 0. The number of hydrogen-bond acceptors (Lipinski definition) is 3. The van der Waals surface area contributed by atoms with E-state index in [9.17, 15) is 0 Å². The summed E-state index contributed by atoms with van der Waals surface area (Å²) >= 11 is 11.4. The van der Waals surface area contributed by atoms with Crippen LogP contribution in [0.25, 0.3) is 0 Å². The Morgan fingerprint density at radius 1 is 1.06 bits per heavy atom. The topological polar surface area (TPSA) is 38.1 Å². The van der Waals surface area contributed by atoms with Crippen LogP contribution in [0.15, 0.2) is 41.4 Å². The summed E-state index contributed by atoms with van der Waals surface area (Å²) in [6, 6.07) is 11.2. The second-order valence-corrected chi connectivity index (χ2v) is 3.71. The molecule has 2 rings (SSSR count). The van der Waals surface area contributed by atoms with Crippen LogP contribution in [0.5, 0.6) is 0 Å². The minimum absolute atomic E-state index is 0.0905. The summed E-state index contributed by atoms with van der Waals surface area (Å²) in [7, 11) is 0. The Morgan fingerprint density at radius 2 is 1.81 bits per heavy atom. The van der Waals surface area contributed by atoms with Gasteiger partial charge in [0.15, 0.2) is 5.82 Å². The van der Waals surface area contributed by atoms with Crippen LogP contribution in [0.2, 0.25) is 10.4 Å². The standard InChI is InChI=1S/C11H7Cl2N3/c12-9-6-10(16-11(13)15-9)14-7-8-4-2-1-3-5-8/h1-7H/b14-7+. The normalized spacial score (nSPS) is 10.9. The van der Waals surface area contributed by atoms with Crippen LogP contribution in [-0.4, -0.2) is 16.2 Å². The van der Waals surface area contributed by atoms with Crippen molar-refractivity contribution in [1.82, 2.24) is 9.97 Å². The highest BCUT2D eigenvalue weighted by atomic mass is 35.5. The Hall–Kier alpha value is -1.45. The van der Waals surface area contributed by atoms with Crippen LogP contribution < -0.4 is 0 Å². The molecule has 0 spiro atoms. The van der Waals surface area contributed by atoms with E-state index in [0.29, 0.717) is 5.82 Å². The zero-order valence-electron chi connectivity index (χ0n) is 8.14. The van der Waals surface area contributed by atoms with Crippen molar-refractivity contribution in [3.05, 3.63) is 52.4 Å². The quantitative estimate of drug-likeness (QED) is 0.465. The predicted molar refractivity (Wildman–Crippen MR) is 65.7 cm³/mol. The molecular formula is C11H7Cl2N3. The summed E-state index contributed by atoms with van der Waals surface area (Å²) < 4.78 is 0. The molecule has 0 atom stereocenters. The van der Waals surface area contributed by atoms with E-state index < -0.39 is 0 Å². The Morgan fingerprint density at radius 3 is 2.50 bits per heavy atom. The lowest BCUT2D eigenvalue weighted by Crippen LogP contribution is -1.84. The maximum absolute atomic E-state index is 5.72. The molecule has 0 fully saturated rings. The van der Waals surface area contributed by atoms with Crippen LogP contribution in [0, 0.1) is 0 Å². The number of hydrogen-bond donors (Lipinski definition) is 0. The third kappa shape index (κ3) is 3.02. The minimum atomic E-state index is 0.0905. The monoisotopic (exact) mass is 251 g/mol. The molecule has 2 aromatic rings. The molecule has 1 aromatic heterocycles. The van der Waals surface area contributed by atoms with Gasteiger partial charge in [-0.3, -0.25) is 0 Å². The van der Waals surface area contributed by atoms with E-state index in [4.69, 9.17) is 23.2 Å². The molecule has 3 nitrogen and oxygen atoms in total. The van der Waals surface area contributed by atoms with Gasteiger partial charge < -0.3 is 0 Å². The van der Waals surface area contributed by atoms with Crippen LogP contribution >= 0.6 is 23.2 Å². The highest BCUT2D eigenvalue weighted by Crippen LogP contribution is 2.16. The van der Waals surface area contributed by atoms with Crippen molar-refractivity contribution < 1.29 is 0 Å². The van der Waals surface area contributed by atoms with Crippen molar-refractivity contribution in [2.75, 3.05) is 0 Å². The lowest BCUT2D eigenvalue weighted by molar-refractivity contribution is 1.15. The van der Waals surface area contributed by atoms with Crippen LogP contribution in [0.3, 0.4) is 0 Å². The predicted octanol–water partition coefficient (Wildman–Crippen LogP) is 3.53. The van der Waals surface area contributed by atoms with E-state index in [-0.39, 0.29) is 10.4 Å². The number of benzene rings is 1. The molecular weight excluding hydrogens is 245 g/mol. The summed E-state index contributed by atoms with van der Waals surface area (Å²) in [5.74, 6) is 0.439. The summed E-state index contributed by atoms with van der Waals surface area (Å²) in [4.78, 5) is 11.8. The van der Waals surface area contributed by atoms with Gasteiger partial charge in [0, 0.05) is 12.3 Å². The Labute approximate surface area is 103 Å². The maximum atomic E-state index is 5.72. The molecule has 5 heteroatoms. The summed E-state index contributed by atoms with van der Waals surface area (Å²) in [5.41, 5.74) is 0.980. The van der Waals surface area contributed by atoms with E-state index in [1.807, 2.05) is 30.3 Å². The number of aromatic nitrogens is 2. The van der Waals surface area contributed by atoms with Gasteiger partial charge in [-0.15, -0.1) is 0 Å².